The van der Waals surface area contributed by atoms with Gasteiger partial charge in [0, 0.05) is 23.0 Å². The third-order valence-corrected chi connectivity index (χ3v) is 4.22. The maximum Gasteiger partial charge on any atom is 0.120 e. The molecule has 3 unspecified atom stereocenters. The normalized spacial score (nSPS) is 25.1. The molecule has 0 bridgehead atoms. The second kappa shape index (κ2) is 6.04. The lowest BCUT2D eigenvalue weighted by Gasteiger charge is -2.23. The summed E-state index contributed by atoms with van der Waals surface area (Å²) in [6.45, 7) is 5.56. The first-order chi connectivity index (χ1) is 8.63. The Morgan fingerprint density at radius 1 is 1.56 bits per heavy atom. The van der Waals surface area contributed by atoms with Crippen molar-refractivity contribution in [2.24, 2.45) is 11.7 Å². The molecule has 0 saturated carbocycles. The lowest BCUT2D eigenvalue weighted by Crippen LogP contribution is -2.26. The molecule has 0 radical (unpaired) electrons. The third kappa shape index (κ3) is 2.87. The molecule has 1 saturated heterocycles. The number of ether oxygens (including phenoxy) is 2. The van der Waals surface area contributed by atoms with Crippen LogP contribution in [0.15, 0.2) is 22.7 Å². The number of halogens is 1. The lowest BCUT2D eigenvalue weighted by atomic mass is 9.89. The van der Waals surface area contributed by atoms with Gasteiger partial charge in [-0.05, 0) is 38.0 Å². The summed E-state index contributed by atoms with van der Waals surface area (Å²) < 4.78 is 12.1. The molecule has 3 nitrogen and oxygen atoms in total. The Kier molecular flexibility index (Phi) is 4.65. The SMILES string of the molecule is CCOc1ccc(C(N)C2CCOC2C)c(Br)c1. The summed E-state index contributed by atoms with van der Waals surface area (Å²) in [7, 11) is 0. The minimum atomic E-state index is 0.00699. The summed E-state index contributed by atoms with van der Waals surface area (Å²) in [5.41, 5.74) is 7.49. The van der Waals surface area contributed by atoms with Crippen molar-refractivity contribution in [3.63, 3.8) is 0 Å². The molecular weight excluding hydrogens is 294 g/mol. The minimum Gasteiger partial charge on any atom is -0.494 e. The van der Waals surface area contributed by atoms with Crippen LogP contribution in [0.2, 0.25) is 0 Å². The van der Waals surface area contributed by atoms with E-state index >= 15 is 0 Å². The minimum absolute atomic E-state index is 0.00699. The highest BCUT2D eigenvalue weighted by Gasteiger charge is 2.31. The Bertz CT molecular complexity index is 411. The Morgan fingerprint density at radius 2 is 2.33 bits per heavy atom. The molecule has 1 aromatic rings. The molecule has 2 N–H and O–H groups in total. The van der Waals surface area contributed by atoms with E-state index in [2.05, 4.69) is 22.9 Å². The van der Waals surface area contributed by atoms with Gasteiger partial charge in [-0.25, -0.2) is 0 Å². The van der Waals surface area contributed by atoms with E-state index in [4.69, 9.17) is 15.2 Å². The van der Waals surface area contributed by atoms with Crippen LogP contribution >= 0.6 is 15.9 Å². The van der Waals surface area contributed by atoms with Crippen molar-refractivity contribution in [3.8, 4) is 5.75 Å². The number of hydrogen-bond donors (Lipinski definition) is 1. The Morgan fingerprint density at radius 3 is 2.89 bits per heavy atom. The van der Waals surface area contributed by atoms with Gasteiger partial charge in [0.2, 0.25) is 0 Å². The molecule has 1 fully saturated rings. The average molecular weight is 314 g/mol. The molecule has 18 heavy (non-hydrogen) atoms. The van der Waals surface area contributed by atoms with Crippen LogP contribution in [0.4, 0.5) is 0 Å². The van der Waals surface area contributed by atoms with Gasteiger partial charge in [0.1, 0.15) is 5.75 Å². The highest BCUT2D eigenvalue weighted by molar-refractivity contribution is 9.10. The standard InChI is InChI=1S/C14H20BrNO2/c1-3-17-10-4-5-12(13(15)8-10)14(16)11-6-7-18-9(11)2/h4-5,8-9,11,14H,3,6-7,16H2,1-2H3. The van der Waals surface area contributed by atoms with Crippen LogP contribution in [-0.4, -0.2) is 19.3 Å². The topological polar surface area (TPSA) is 44.5 Å². The van der Waals surface area contributed by atoms with Gasteiger partial charge in [-0.1, -0.05) is 22.0 Å². The number of hydrogen-bond acceptors (Lipinski definition) is 3. The zero-order chi connectivity index (χ0) is 13.1. The molecule has 0 amide bonds. The number of nitrogens with two attached hydrogens (primary N) is 1. The molecule has 2 rings (SSSR count). The summed E-state index contributed by atoms with van der Waals surface area (Å²) in [5, 5.41) is 0. The fourth-order valence-corrected chi connectivity index (χ4v) is 3.11. The van der Waals surface area contributed by atoms with E-state index in [-0.39, 0.29) is 12.1 Å². The predicted octanol–water partition coefficient (Wildman–Crippen LogP) is 3.27. The molecule has 3 atom stereocenters. The Balaban J connectivity index is 2.17. The highest BCUT2D eigenvalue weighted by atomic mass is 79.9. The van der Waals surface area contributed by atoms with Gasteiger partial charge < -0.3 is 15.2 Å². The summed E-state index contributed by atoms with van der Waals surface area (Å²) in [6.07, 6.45) is 1.26. The first-order valence-corrected chi connectivity index (χ1v) is 7.22. The van der Waals surface area contributed by atoms with Gasteiger partial charge in [-0.3, -0.25) is 0 Å². The molecule has 4 heteroatoms. The zero-order valence-electron chi connectivity index (χ0n) is 10.9. The van der Waals surface area contributed by atoms with Crippen molar-refractivity contribution >= 4 is 15.9 Å². The van der Waals surface area contributed by atoms with E-state index in [1.807, 2.05) is 25.1 Å². The van der Waals surface area contributed by atoms with E-state index in [0.29, 0.717) is 12.5 Å². The highest BCUT2D eigenvalue weighted by Crippen LogP contribution is 2.36. The van der Waals surface area contributed by atoms with Crippen molar-refractivity contribution in [1.29, 1.82) is 0 Å². The summed E-state index contributed by atoms with van der Waals surface area (Å²) in [6, 6.07) is 6.01. The van der Waals surface area contributed by atoms with Crippen LogP contribution in [0, 0.1) is 5.92 Å². The van der Waals surface area contributed by atoms with Crippen molar-refractivity contribution in [3.05, 3.63) is 28.2 Å². The second-order valence-corrected chi connectivity index (χ2v) is 5.52. The average Bonchev–Trinajstić information content (AvgIpc) is 2.75. The second-order valence-electron chi connectivity index (χ2n) is 4.67. The van der Waals surface area contributed by atoms with Crippen LogP contribution in [0.1, 0.15) is 31.9 Å². The van der Waals surface area contributed by atoms with Crippen molar-refractivity contribution in [1.82, 2.24) is 0 Å². The van der Waals surface area contributed by atoms with Crippen molar-refractivity contribution in [2.75, 3.05) is 13.2 Å². The number of benzene rings is 1. The molecule has 1 aliphatic rings. The van der Waals surface area contributed by atoms with Gasteiger partial charge in [0.05, 0.1) is 12.7 Å². The van der Waals surface area contributed by atoms with Gasteiger partial charge in [0.15, 0.2) is 0 Å². The molecule has 1 aromatic carbocycles. The largest absolute Gasteiger partial charge is 0.494 e. The quantitative estimate of drug-likeness (QED) is 0.927. The molecule has 1 heterocycles. The maximum absolute atomic E-state index is 6.36. The van der Waals surface area contributed by atoms with E-state index in [1.54, 1.807) is 0 Å². The van der Waals surface area contributed by atoms with Crippen LogP contribution < -0.4 is 10.5 Å². The van der Waals surface area contributed by atoms with E-state index in [1.165, 1.54) is 0 Å². The third-order valence-electron chi connectivity index (χ3n) is 3.54. The monoisotopic (exact) mass is 313 g/mol. The van der Waals surface area contributed by atoms with E-state index in [9.17, 15) is 0 Å². The predicted molar refractivity (Wildman–Crippen MR) is 75.8 cm³/mol. The Hall–Kier alpha value is -0.580. The lowest BCUT2D eigenvalue weighted by molar-refractivity contribution is 0.0994. The smallest absolute Gasteiger partial charge is 0.120 e. The van der Waals surface area contributed by atoms with Crippen LogP contribution in [0.25, 0.3) is 0 Å². The molecule has 1 aliphatic heterocycles. The molecular formula is C14H20BrNO2. The van der Waals surface area contributed by atoms with Gasteiger partial charge in [-0.15, -0.1) is 0 Å². The maximum atomic E-state index is 6.36. The summed E-state index contributed by atoms with van der Waals surface area (Å²) in [4.78, 5) is 0. The summed E-state index contributed by atoms with van der Waals surface area (Å²) in [5.74, 6) is 1.26. The molecule has 100 valence electrons. The van der Waals surface area contributed by atoms with Crippen LogP contribution in [0.5, 0.6) is 5.75 Å². The zero-order valence-corrected chi connectivity index (χ0v) is 12.4. The first kappa shape index (κ1) is 13.8. The van der Waals surface area contributed by atoms with Gasteiger partial charge in [0.25, 0.3) is 0 Å². The fourth-order valence-electron chi connectivity index (χ4n) is 2.49. The summed E-state index contributed by atoms with van der Waals surface area (Å²) >= 11 is 3.58. The van der Waals surface area contributed by atoms with Crippen LogP contribution in [-0.2, 0) is 4.74 Å². The van der Waals surface area contributed by atoms with E-state index in [0.717, 1.165) is 28.8 Å². The first-order valence-electron chi connectivity index (χ1n) is 6.43. The van der Waals surface area contributed by atoms with Crippen molar-refractivity contribution < 1.29 is 9.47 Å². The van der Waals surface area contributed by atoms with E-state index < -0.39 is 0 Å². The number of rotatable bonds is 4. The van der Waals surface area contributed by atoms with Gasteiger partial charge >= 0.3 is 0 Å². The molecule has 0 aliphatic carbocycles. The molecule has 0 aromatic heterocycles. The van der Waals surface area contributed by atoms with Gasteiger partial charge in [-0.2, -0.15) is 0 Å². The molecule has 0 spiro atoms. The van der Waals surface area contributed by atoms with Crippen molar-refractivity contribution in [2.45, 2.75) is 32.4 Å². The van der Waals surface area contributed by atoms with Crippen LogP contribution in [0.3, 0.4) is 0 Å². The Labute approximate surface area is 117 Å². The fraction of sp³-hybridized carbons (Fsp3) is 0.571.